The average Bonchev–Trinajstić information content (AvgIpc) is 2.56. The van der Waals surface area contributed by atoms with Crippen LogP contribution in [0, 0.1) is 0 Å². The topological polar surface area (TPSA) is 75.3 Å². The van der Waals surface area contributed by atoms with Crippen molar-refractivity contribution in [1.82, 2.24) is 14.9 Å². The van der Waals surface area contributed by atoms with Crippen molar-refractivity contribution in [3.8, 4) is 5.88 Å². The van der Waals surface area contributed by atoms with E-state index in [1.807, 2.05) is 18.2 Å². The van der Waals surface area contributed by atoms with Crippen LogP contribution in [0.4, 0.5) is 0 Å². The van der Waals surface area contributed by atoms with Gasteiger partial charge in [-0.1, -0.05) is 6.07 Å². The van der Waals surface area contributed by atoms with Gasteiger partial charge in [0.25, 0.3) is 11.5 Å². The van der Waals surface area contributed by atoms with Gasteiger partial charge in [0.2, 0.25) is 5.88 Å². The molecule has 0 spiro atoms. The highest BCUT2D eigenvalue weighted by molar-refractivity contribution is 5.93. The van der Waals surface area contributed by atoms with Gasteiger partial charge in [0.15, 0.2) is 0 Å². The summed E-state index contributed by atoms with van der Waals surface area (Å²) in [6.45, 7) is 1.15. The number of rotatable bonds is 3. The van der Waals surface area contributed by atoms with E-state index in [1.54, 1.807) is 23.2 Å². The molecule has 22 heavy (non-hydrogen) atoms. The molecule has 1 aliphatic heterocycles. The number of amides is 1. The number of ether oxygens (including phenoxy) is 1. The third kappa shape index (κ3) is 3.16. The van der Waals surface area contributed by atoms with Crippen LogP contribution in [-0.4, -0.2) is 40.0 Å². The van der Waals surface area contributed by atoms with Crippen LogP contribution in [0.15, 0.2) is 47.5 Å². The van der Waals surface area contributed by atoms with Crippen molar-refractivity contribution in [3.05, 3.63) is 58.6 Å². The molecule has 114 valence electrons. The first-order chi connectivity index (χ1) is 10.7. The molecule has 3 rings (SSSR count). The number of nitrogens with zero attached hydrogens (tertiary/aromatic N) is 2. The molecular formula is C16H17N3O3. The highest BCUT2D eigenvalue weighted by atomic mass is 16.5. The van der Waals surface area contributed by atoms with Gasteiger partial charge in [-0.05, 0) is 18.2 Å². The van der Waals surface area contributed by atoms with Gasteiger partial charge >= 0.3 is 0 Å². The first-order valence-electron chi connectivity index (χ1n) is 7.29. The predicted molar refractivity (Wildman–Crippen MR) is 80.9 cm³/mol. The Morgan fingerprint density at radius 2 is 2.05 bits per heavy atom. The minimum atomic E-state index is -0.348. The number of carbonyl (C=O) groups is 1. The lowest BCUT2D eigenvalue weighted by atomic mass is 10.1. The largest absolute Gasteiger partial charge is 0.474 e. The van der Waals surface area contributed by atoms with Crippen molar-refractivity contribution < 1.29 is 9.53 Å². The summed E-state index contributed by atoms with van der Waals surface area (Å²) in [4.78, 5) is 32.4. The fourth-order valence-corrected chi connectivity index (χ4v) is 2.52. The van der Waals surface area contributed by atoms with E-state index >= 15 is 0 Å². The number of likely N-dealkylation sites (tertiary alicyclic amines) is 1. The maximum atomic E-state index is 12.3. The molecule has 0 atom stereocenters. The number of nitrogens with one attached hydrogen (secondary N) is 1. The highest BCUT2D eigenvalue weighted by Gasteiger charge is 2.26. The van der Waals surface area contributed by atoms with Crippen LogP contribution in [0.3, 0.4) is 0 Å². The predicted octanol–water partition coefficient (Wildman–Crippen LogP) is 1.45. The second-order valence-electron chi connectivity index (χ2n) is 5.19. The Kier molecular flexibility index (Phi) is 4.18. The standard InChI is InChI=1S/C16H17N3O3/c20-15-13(4-3-9-18-15)16(21)19-10-6-12(7-11-19)22-14-5-1-2-8-17-14/h1-5,8-9,12H,6-7,10-11H2,(H,18,20). The third-order valence-corrected chi connectivity index (χ3v) is 3.70. The maximum absolute atomic E-state index is 12.3. The Labute approximate surface area is 127 Å². The Morgan fingerprint density at radius 1 is 1.23 bits per heavy atom. The van der Waals surface area contributed by atoms with E-state index in [0.717, 1.165) is 12.8 Å². The fraction of sp³-hybridized carbons (Fsp3) is 0.312. The smallest absolute Gasteiger partial charge is 0.260 e. The number of pyridine rings is 2. The molecule has 0 aromatic carbocycles. The monoisotopic (exact) mass is 299 g/mol. The minimum absolute atomic E-state index is 0.0491. The molecule has 2 aromatic rings. The lowest BCUT2D eigenvalue weighted by Crippen LogP contribution is -2.43. The van der Waals surface area contributed by atoms with E-state index in [-0.39, 0.29) is 23.1 Å². The summed E-state index contributed by atoms with van der Waals surface area (Å²) < 4.78 is 5.80. The number of carbonyl (C=O) groups excluding carboxylic acids is 1. The van der Waals surface area contributed by atoms with E-state index in [4.69, 9.17) is 4.74 Å². The molecule has 0 aliphatic carbocycles. The lowest BCUT2D eigenvalue weighted by molar-refractivity contribution is 0.0586. The first kappa shape index (κ1) is 14.3. The Morgan fingerprint density at radius 3 is 2.73 bits per heavy atom. The average molecular weight is 299 g/mol. The van der Waals surface area contributed by atoms with Gasteiger partial charge in [-0.2, -0.15) is 0 Å². The highest BCUT2D eigenvalue weighted by Crippen LogP contribution is 2.17. The van der Waals surface area contributed by atoms with Crippen molar-refractivity contribution in [2.45, 2.75) is 18.9 Å². The lowest BCUT2D eigenvalue weighted by Gasteiger charge is -2.31. The Balaban J connectivity index is 1.59. The summed E-state index contributed by atoms with van der Waals surface area (Å²) in [5, 5.41) is 0. The van der Waals surface area contributed by atoms with Crippen LogP contribution in [-0.2, 0) is 0 Å². The zero-order valence-corrected chi connectivity index (χ0v) is 12.1. The van der Waals surface area contributed by atoms with E-state index in [2.05, 4.69) is 9.97 Å². The summed E-state index contributed by atoms with van der Waals surface area (Å²) >= 11 is 0. The number of aromatic nitrogens is 2. The van der Waals surface area contributed by atoms with E-state index in [9.17, 15) is 9.59 Å². The minimum Gasteiger partial charge on any atom is -0.474 e. The molecule has 3 heterocycles. The van der Waals surface area contributed by atoms with Crippen LogP contribution >= 0.6 is 0 Å². The molecule has 1 saturated heterocycles. The van der Waals surface area contributed by atoms with Gasteiger partial charge < -0.3 is 14.6 Å². The summed E-state index contributed by atoms with van der Waals surface area (Å²) in [7, 11) is 0. The molecule has 1 amide bonds. The third-order valence-electron chi connectivity index (χ3n) is 3.70. The van der Waals surface area contributed by atoms with E-state index < -0.39 is 0 Å². The van der Waals surface area contributed by atoms with Crippen molar-refractivity contribution in [3.63, 3.8) is 0 Å². The Bertz CT molecular complexity index is 691. The molecule has 0 saturated carbocycles. The van der Waals surface area contributed by atoms with E-state index in [1.165, 1.54) is 6.20 Å². The number of H-pyrrole nitrogens is 1. The summed E-state index contributed by atoms with van der Waals surface area (Å²) in [5.74, 6) is 0.380. The van der Waals surface area contributed by atoms with Gasteiger partial charge in [0.05, 0.1) is 0 Å². The van der Waals surface area contributed by atoms with Crippen LogP contribution in [0.5, 0.6) is 5.88 Å². The van der Waals surface area contributed by atoms with Gasteiger partial charge in [0, 0.05) is 44.4 Å². The van der Waals surface area contributed by atoms with Crippen molar-refractivity contribution in [2.24, 2.45) is 0 Å². The molecule has 6 heteroatoms. The first-order valence-corrected chi connectivity index (χ1v) is 7.29. The van der Waals surface area contributed by atoms with Crippen LogP contribution in [0.25, 0.3) is 0 Å². The molecule has 6 nitrogen and oxygen atoms in total. The Hall–Kier alpha value is -2.63. The second-order valence-corrected chi connectivity index (χ2v) is 5.19. The van der Waals surface area contributed by atoms with Gasteiger partial charge in [-0.15, -0.1) is 0 Å². The zero-order valence-electron chi connectivity index (χ0n) is 12.1. The number of hydrogen-bond donors (Lipinski definition) is 1. The van der Waals surface area contributed by atoms with Crippen LogP contribution in [0.2, 0.25) is 0 Å². The van der Waals surface area contributed by atoms with E-state index in [0.29, 0.717) is 19.0 Å². The van der Waals surface area contributed by atoms with Crippen molar-refractivity contribution in [2.75, 3.05) is 13.1 Å². The maximum Gasteiger partial charge on any atom is 0.260 e. The molecule has 0 unspecified atom stereocenters. The van der Waals surface area contributed by atoms with Crippen molar-refractivity contribution >= 4 is 5.91 Å². The molecule has 1 aliphatic rings. The van der Waals surface area contributed by atoms with Gasteiger partial charge in [0.1, 0.15) is 11.7 Å². The van der Waals surface area contributed by atoms with Gasteiger partial charge in [-0.25, -0.2) is 4.98 Å². The SMILES string of the molecule is O=C(c1ccc[nH]c1=O)N1CCC(Oc2ccccn2)CC1. The molecule has 1 N–H and O–H groups in total. The zero-order chi connectivity index (χ0) is 15.4. The summed E-state index contributed by atoms with van der Waals surface area (Å²) in [6.07, 6.45) is 4.72. The van der Waals surface area contributed by atoms with Crippen LogP contribution in [0.1, 0.15) is 23.2 Å². The number of aromatic amines is 1. The number of hydrogen-bond acceptors (Lipinski definition) is 4. The quantitative estimate of drug-likeness (QED) is 0.931. The molecule has 2 aromatic heterocycles. The molecule has 0 bridgehead atoms. The van der Waals surface area contributed by atoms with Gasteiger partial charge in [-0.3, -0.25) is 9.59 Å². The normalized spacial score (nSPS) is 15.5. The summed E-state index contributed by atoms with van der Waals surface area (Å²) in [6, 6.07) is 8.75. The molecule has 0 radical (unpaired) electrons. The van der Waals surface area contributed by atoms with Crippen LogP contribution < -0.4 is 10.3 Å². The molecule has 1 fully saturated rings. The fourth-order valence-electron chi connectivity index (χ4n) is 2.52. The second kappa shape index (κ2) is 6.43. The van der Waals surface area contributed by atoms with Crippen molar-refractivity contribution in [1.29, 1.82) is 0 Å². The number of piperidine rings is 1. The summed E-state index contributed by atoms with van der Waals surface area (Å²) in [5.41, 5.74) is -0.161. The molecular weight excluding hydrogens is 282 g/mol.